The molecule has 0 aromatic heterocycles. The Kier molecular flexibility index (Phi) is 3.66. The number of alkyl halides is 1. The molecule has 90 valence electrons. The first-order valence-electron chi connectivity index (χ1n) is 4.64. The van der Waals surface area contributed by atoms with E-state index in [9.17, 15) is 0 Å². The molecule has 0 saturated carbocycles. The lowest BCUT2D eigenvalue weighted by Gasteiger charge is -2.14. The molecule has 0 spiro atoms. The zero-order valence-corrected chi connectivity index (χ0v) is 10.7. The third-order valence-corrected chi connectivity index (χ3v) is 2.74. The minimum atomic E-state index is -0.347. The highest BCUT2D eigenvalue weighted by atomic mass is 35.5. The monoisotopic (exact) mass is 291 g/mol. The van der Waals surface area contributed by atoms with Crippen molar-refractivity contribution in [2.45, 2.75) is 5.50 Å². The summed E-state index contributed by atoms with van der Waals surface area (Å²) in [4.78, 5) is 0. The van der Waals surface area contributed by atoms with Gasteiger partial charge in [0, 0.05) is 11.8 Å². The Balaban J connectivity index is 2.23. The molecule has 1 unspecified atom stereocenters. The van der Waals surface area contributed by atoms with Gasteiger partial charge in [0.15, 0.2) is 5.75 Å². The van der Waals surface area contributed by atoms with Crippen LogP contribution < -0.4 is 15.9 Å². The predicted octanol–water partition coefficient (Wildman–Crippen LogP) is 2.99. The number of hydrogen-bond donors (Lipinski definition) is 2. The zero-order chi connectivity index (χ0) is 12.4. The highest BCUT2D eigenvalue weighted by Crippen LogP contribution is 2.35. The summed E-state index contributed by atoms with van der Waals surface area (Å²) in [7, 11) is 0. The number of halogens is 3. The number of rotatable bonds is 1. The Morgan fingerprint density at radius 1 is 1.29 bits per heavy atom. The molecule has 7 heteroatoms. The summed E-state index contributed by atoms with van der Waals surface area (Å²) in [5.74, 6) is 0.622. The Morgan fingerprint density at radius 2 is 1.94 bits per heavy atom. The molecule has 0 saturated heterocycles. The van der Waals surface area contributed by atoms with Crippen LogP contribution in [0.25, 0.3) is 0 Å². The molecule has 3 N–H and O–H groups in total. The number of nitrogens with one attached hydrogen (secondary N) is 1. The fraction of sp³-hybridized carbons (Fsp3) is 0.100. The highest BCUT2D eigenvalue weighted by molar-refractivity contribution is 6.37. The molecule has 4 nitrogen and oxygen atoms in total. The third-order valence-electron chi connectivity index (χ3n) is 1.93. The summed E-state index contributed by atoms with van der Waals surface area (Å²) in [6, 6.07) is 3.10. The molecule has 1 atom stereocenters. The van der Waals surface area contributed by atoms with E-state index in [2.05, 4.69) is 10.5 Å². The molecular formula is C10H8Cl3N3O. The van der Waals surface area contributed by atoms with Crippen LogP contribution >= 0.6 is 34.8 Å². The third kappa shape index (κ3) is 2.97. The average molecular weight is 293 g/mol. The number of ether oxygens (including phenoxy) is 1. The molecule has 1 aliphatic rings. The lowest BCUT2D eigenvalue weighted by molar-refractivity contribution is 0.538. The number of benzene rings is 1. The van der Waals surface area contributed by atoms with Crippen LogP contribution in [-0.4, -0.2) is 11.4 Å². The number of hydrogen-bond acceptors (Lipinski definition) is 4. The highest BCUT2D eigenvalue weighted by Gasteiger charge is 2.13. The minimum absolute atomic E-state index is 0.306. The van der Waals surface area contributed by atoms with Crippen molar-refractivity contribution in [3.8, 4) is 5.75 Å². The minimum Gasteiger partial charge on any atom is -0.434 e. The molecule has 0 aliphatic carbocycles. The maximum atomic E-state index is 5.97. The van der Waals surface area contributed by atoms with E-state index in [1.54, 1.807) is 24.3 Å². The first-order chi connectivity index (χ1) is 8.06. The number of nitrogens with two attached hydrogens (primary N) is 1. The van der Waals surface area contributed by atoms with Crippen molar-refractivity contribution in [2.75, 3.05) is 5.73 Å². The van der Waals surface area contributed by atoms with Gasteiger partial charge >= 0.3 is 0 Å². The van der Waals surface area contributed by atoms with Gasteiger partial charge in [0.1, 0.15) is 5.50 Å². The van der Waals surface area contributed by atoms with E-state index < -0.39 is 0 Å². The number of hydrazone groups is 1. The Morgan fingerprint density at radius 3 is 2.47 bits per heavy atom. The second-order valence-electron chi connectivity index (χ2n) is 3.26. The van der Waals surface area contributed by atoms with Crippen molar-refractivity contribution in [3.63, 3.8) is 0 Å². The van der Waals surface area contributed by atoms with Gasteiger partial charge in [-0.2, -0.15) is 0 Å². The van der Waals surface area contributed by atoms with Crippen LogP contribution in [0, 0.1) is 0 Å². The molecule has 0 bridgehead atoms. The number of nitrogens with zero attached hydrogens (tertiary/aromatic N) is 1. The van der Waals surface area contributed by atoms with Gasteiger partial charge in [0.25, 0.3) is 0 Å². The van der Waals surface area contributed by atoms with Gasteiger partial charge in [-0.25, -0.2) is 0 Å². The zero-order valence-electron chi connectivity index (χ0n) is 8.45. The SMILES string of the molecule is Nc1cc(Cl)c(OC2=NNC(Cl)C=C2)c(Cl)c1. The molecule has 1 aliphatic heterocycles. The average Bonchev–Trinajstić information content (AvgIpc) is 2.26. The summed E-state index contributed by atoms with van der Waals surface area (Å²) in [5.41, 5.74) is 8.33. The standard InChI is InChI=1S/C10H8Cl3N3O/c11-6-3-5(14)4-7(12)10(6)17-9-2-1-8(13)15-16-9/h1-4,8,15H,14H2. The van der Waals surface area contributed by atoms with Crippen molar-refractivity contribution in [1.82, 2.24) is 5.43 Å². The van der Waals surface area contributed by atoms with E-state index in [1.807, 2.05) is 0 Å². The summed E-state index contributed by atoms with van der Waals surface area (Å²) in [6.07, 6.45) is 3.31. The molecule has 0 fully saturated rings. The van der Waals surface area contributed by atoms with Crippen LogP contribution in [0.5, 0.6) is 5.75 Å². The molecule has 1 aromatic carbocycles. The van der Waals surface area contributed by atoms with E-state index in [-0.39, 0.29) is 5.50 Å². The molecule has 1 heterocycles. The fourth-order valence-corrected chi connectivity index (χ4v) is 1.91. The Bertz CT molecular complexity index is 479. The molecule has 0 radical (unpaired) electrons. The largest absolute Gasteiger partial charge is 0.434 e. The quantitative estimate of drug-likeness (QED) is 0.475. The van der Waals surface area contributed by atoms with Crippen LogP contribution in [0.2, 0.25) is 10.0 Å². The van der Waals surface area contributed by atoms with Gasteiger partial charge in [-0.15, -0.1) is 5.10 Å². The second kappa shape index (κ2) is 5.04. The van der Waals surface area contributed by atoms with Crippen molar-refractivity contribution in [2.24, 2.45) is 5.10 Å². The van der Waals surface area contributed by atoms with Crippen molar-refractivity contribution >= 4 is 46.4 Å². The lowest BCUT2D eigenvalue weighted by atomic mass is 10.3. The van der Waals surface area contributed by atoms with E-state index in [0.29, 0.717) is 27.4 Å². The first kappa shape index (κ1) is 12.4. The van der Waals surface area contributed by atoms with Crippen LogP contribution in [0.1, 0.15) is 0 Å². The summed E-state index contributed by atoms with van der Waals surface area (Å²) >= 11 is 17.7. The van der Waals surface area contributed by atoms with Gasteiger partial charge in [-0.1, -0.05) is 34.8 Å². The number of anilines is 1. The smallest absolute Gasteiger partial charge is 0.236 e. The fourth-order valence-electron chi connectivity index (χ4n) is 1.21. The van der Waals surface area contributed by atoms with E-state index in [0.717, 1.165) is 0 Å². The Hall–Kier alpha value is -1.10. The van der Waals surface area contributed by atoms with E-state index in [1.165, 1.54) is 0 Å². The molecule has 1 aromatic rings. The normalized spacial score (nSPS) is 18.5. The van der Waals surface area contributed by atoms with Crippen LogP contribution in [0.3, 0.4) is 0 Å². The van der Waals surface area contributed by atoms with Crippen LogP contribution in [-0.2, 0) is 0 Å². The summed E-state index contributed by atoms with van der Waals surface area (Å²) < 4.78 is 5.44. The van der Waals surface area contributed by atoms with Crippen LogP contribution in [0.4, 0.5) is 5.69 Å². The van der Waals surface area contributed by atoms with Crippen LogP contribution in [0.15, 0.2) is 29.4 Å². The van der Waals surface area contributed by atoms with E-state index in [4.69, 9.17) is 45.3 Å². The van der Waals surface area contributed by atoms with Gasteiger partial charge in [-0.05, 0) is 18.2 Å². The summed E-state index contributed by atoms with van der Waals surface area (Å²) in [6.45, 7) is 0. The summed E-state index contributed by atoms with van der Waals surface area (Å²) in [5, 5.41) is 4.52. The molecule has 17 heavy (non-hydrogen) atoms. The molecular weight excluding hydrogens is 284 g/mol. The van der Waals surface area contributed by atoms with Crippen molar-refractivity contribution in [1.29, 1.82) is 0 Å². The van der Waals surface area contributed by atoms with Gasteiger partial charge in [0.2, 0.25) is 5.90 Å². The predicted molar refractivity (Wildman–Crippen MR) is 70.9 cm³/mol. The van der Waals surface area contributed by atoms with E-state index >= 15 is 0 Å². The maximum absolute atomic E-state index is 5.97. The molecule has 2 rings (SSSR count). The maximum Gasteiger partial charge on any atom is 0.236 e. The van der Waals surface area contributed by atoms with Crippen molar-refractivity contribution < 1.29 is 4.74 Å². The van der Waals surface area contributed by atoms with Gasteiger partial charge in [0.05, 0.1) is 10.0 Å². The Labute approximate surface area is 113 Å². The lowest BCUT2D eigenvalue weighted by Crippen LogP contribution is -2.24. The topological polar surface area (TPSA) is 59.6 Å². The van der Waals surface area contributed by atoms with Gasteiger partial charge < -0.3 is 10.5 Å². The number of nitrogen functional groups attached to an aromatic ring is 1. The van der Waals surface area contributed by atoms with Gasteiger partial charge in [-0.3, -0.25) is 5.43 Å². The van der Waals surface area contributed by atoms with Crippen molar-refractivity contribution in [3.05, 3.63) is 34.3 Å². The first-order valence-corrected chi connectivity index (χ1v) is 5.83. The second-order valence-corrected chi connectivity index (χ2v) is 4.54. The molecule has 0 amide bonds.